The summed E-state index contributed by atoms with van der Waals surface area (Å²) in [5.41, 5.74) is 4.45. The van der Waals surface area contributed by atoms with Crippen LogP contribution < -0.4 is 14.8 Å². The van der Waals surface area contributed by atoms with E-state index in [0.717, 1.165) is 22.7 Å². The Kier molecular flexibility index (Phi) is 8.11. The first-order chi connectivity index (χ1) is 15.0. The van der Waals surface area contributed by atoms with E-state index in [0.29, 0.717) is 32.0 Å². The lowest BCUT2D eigenvalue weighted by molar-refractivity contribution is -0.116. The Labute approximate surface area is 185 Å². The largest absolute Gasteiger partial charge is 0.494 e. The van der Waals surface area contributed by atoms with E-state index in [1.807, 2.05) is 60.7 Å². The molecule has 0 bridgehead atoms. The molecule has 0 saturated heterocycles. The maximum absolute atomic E-state index is 12.2. The van der Waals surface area contributed by atoms with Crippen LogP contribution in [0, 0.1) is 6.92 Å². The molecule has 0 heterocycles. The van der Waals surface area contributed by atoms with Crippen LogP contribution in [-0.4, -0.2) is 12.5 Å². The number of benzene rings is 3. The van der Waals surface area contributed by atoms with Crippen molar-refractivity contribution in [2.45, 2.75) is 46.1 Å². The molecule has 0 unspecified atom stereocenters. The van der Waals surface area contributed by atoms with Gasteiger partial charge in [-0.05, 0) is 72.4 Å². The molecule has 0 spiro atoms. The molecule has 0 aliphatic heterocycles. The Hall–Kier alpha value is -3.27. The van der Waals surface area contributed by atoms with Gasteiger partial charge in [0.2, 0.25) is 5.91 Å². The second kappa shape index (κ2) is 11.2. The predicted octanol–water partition coefficient (Wildman–Crippen LogP) is 6.50. The second-order valence-electron chi connectivity index (χ2n) is 7.97. The van der Waals surface area contributed by atoms with Gasteiger partial charge in [-0.25, -0.2) is 0 Å². The van der Waals surface area contributed by atoms with Crippen LogP contribution in [0.4, 0.5) is 5.69 Å². The molecule has 0 radical (unpaired) electrons. The van der Waals surface area contributed by atoms with Crippen molar-refractivity contribution in [2.75, 3.05) is 11.9 Å². The van der Waals surface area contributed by atoms with Crippen LogP contribution in [0.15, 0.2) is 72.8 Å². The molecule has 4 heteroatoms. The minimum Gasteiger partial charge on any atom is -0.494 e. The minimum atomic E-state index is -0.0205. The van der Waals surface area contributed by atoms with Gasteiger partial charge in [-0.1, -0.05) is 50.2 Å². The summed E-state index contributed by atoms with van der Waals surface area (Å²) in [6, 6.07) is 23.7. The van der Waals surface area contributed by atoms with Crippen molar-refractivity contribution in [3.63, 3.8) is 0 Å². The summed E-state index contributed by atoms with van der Waals surface area (Å²) in [6.45, 7) is 7.51. The second-order valence-corrected chi connectivity index (χ2v) is 7.97. The zero-order valence-corrected chi connectivity index (χ0v) is 18.6. The Morgan fingerprint density at radius 2 is 1.61 bits per heavy atom. The number of hydrogen-bond acceptors (Lipinski definition) is 3. The number of rotatable bonds is 10. The smallest absolute Gasteiger partial charge is 0.224 e. The lowest BCUT2D eigenvalue weighted by atomic mass is 9.98. The van der Waals surface area contributed by atoms with Gasteiger partial charge in [0.05, 0.1) is 6.61 Å². The van der Waals surface area contributed by atoms with E-state index in [2.05, 4.69) is 38.2 Å². The summed E-state index contributed by atoms with van der Waals surface area (Å²) < 4.78 is 11.6. The van der Waals surface area contributed by atoms with Gasteiger partial charge in [0.15, 0.2) is 0 Å². The molecule has 3 aromatic rings. The van der Waals surface area contributed by atoms with Crippen molar-refractivity contribution in [3.05, 3.63) is 89.5 Å². The van der Waals surface area contributed by atoms with E-state index in [-0.39, 0.29) is 5.91 Å². The maximum Gasteiger partial charge on any atom is 0.224 e. The summed E-state index contributed by atoms with van der Waals surface area (Å²) in [7, 11) is 0. The Morgan fingerprint density at radius 1 is 0.903 bits per heavy atom. The Bertz CT molecular complexity index is 966. The summed E-state index contributed by atoms with van der Waals surface area (Å²) in [5, 5.41) is 2.92. The summed E-state index contributed by atoms with van der Waals surface area (Å²) in [6.07, 6.45) is 1.07. The third kappa shape index (κ3) is 7.18. The van der Waals surface area contributed by atoms with Crippen LogP contribution in [0.3, 0.4) is 0 Å². The normalized spacial score (nSPS) is 10.7. The highest BCUT2D eigenvalue weighted by Crippen LogP contribution is 2.23. The van der Waals surface area contributed by atoms with Crippen molar-refractivity contribution in [1.29, 1.82) is 0 Å². The van der Waals surface area contributed by atoms with Crippen molar-refractivity contribution < 1.29 is 14.3 Å². The van der Waals surface area contributed by atoms with Gasteiger partial charge < -0.3 is 14.8 Å². The van der Waals surface area contributed by atoms with Crippen LogP contribution in [-0.2, 0) is 11.4 Å². The molecule has 0 fully saturated rings. The topological polar surface area (TPSA) is 47.6 Å². The molecule has 3 aromatic carbocycles. The van der Waals surface area contributed by atoms with Crippen LogP contribution in [0.5, 0.6) is 11.5 Å². The third-order valence-corrected chi connectivity index (χ3v) is 5.07. The summed E-state index contributed by atoms with van der Waals surface area (Å²) in [5.74, 6) is 2.11. The first-order valence-corrected chi connectivity index (χ1v) is 10.8. The molecule has 0 aromatic heterocycles. The highest BCUT2D eigenvalue weighted by molar-refractivity contribution is 5.90. The van der Waals surface area contributed by atoms with Crippen LogP contribution >= 0.6 is 0 Å². The molecule has 1 N–H and O–H groups in total. The number of aryl methyl sites for hydroxylation is 1. The van der Waals surface area contributed by atoms with E-state index < -0.39 is 0 Å². The van der Waals surface area contributed by atoms with Crippen molar-refractivity contribution in [2.24, 2.45) is 0 Å². The first kappa shape index (κ1) is 22.4. The van der Waals surface area contributed by atoms with Gasteiger partial charge in [0.1, 0.15) is 18.1 Å². The molecule has 1 amide bonds. The van der Waals surface area contributed by atoms with Gasteiger partial charge in [-0.15, -0.1) is 0 Å². The number of carbonyl (C=O) groups is 1. The lowest BCUT2D eigenvalue weighted by Crippen LogP contribution is -2.12. The van der Waals surface area contributed by atoms with E-state index in [1.165, 1.54) is 11.1 Å². The SMILES string of the molecule is Cc1cc(OCCCC(=O)Nc2ccc(OCc3ccccc3)cc2)ccc1C(C)C. The lowest BCUT2D eigenvalue weighted by Gasteiger charge is -2.12. The molecule has 3 rings (SSSR count). The van der Waals surface area contributed by atoms with Crippen molar-refractivity contribution in [3.8, 4) is 11.5 Å². The molecule has 0 atom stereocenters. The Morgan fingerprint density at radius 3 is 2.29 bits per heavy atom. The van der Waals surface area contributed by atoms with Gasteiger partial charge in [-0.3, -0.25) is 4.79 Å². The van der Waals surface area contributed by atoms with Gasteiger partial charge >= 0.3 is 0 Å². The third-order valence-electron chi connectivity index (χ3n) is 5.07. The van der Waals surface area contributed by atoms with Gasteiger partial charge in [-0.2, -0.15) is 0 Å². The highest BCUT2D eigenvalue weighted by atomic mass is 16.5. The van der Waals surface area contributed by atoms with Crippen molar-refractivity contribution >= 4 is 11.6 Å². The molecule has 31 heavy (non-hydrogen) atoms. The molecule has 4 nitrogen and oxygen atoms in total. The standard InChI is InChI=1S/C27H31NO3/c1-20(2)26-16-15-25(18-21(26)3)30-17-7-10-27(29)28-23-11-13-24(14-12-23)31-19-22-8-5-4-6-9-22/h4-6,8-9,11-16,18,20H,7,10,17,19H2,1-3H3,(H,28,29). The van der Waals surface area contributed by atoms with Crippen molar-refractivity contribution in [1.82, 2.24) is 0 Å². The quantitative estimate of drug-likeness (QED) is 0.383. The van der Waals surface area contributed by atoms with Crippen LogP contribution in [0.1, 0.15) is 49.3 Å². The number of carbonyl (C=O) groups excluding carboxylic acids is 1. The fourth-order valence-electron chi connectivity index (χ4n) is 3.41. The van der Waals surface area contributed by atoms with E-state index in [9.17, 15) is 4.79 Å². The molecule has 0 aliphatic carbocycles. The number of ether oxygens (including phenoxy) is 2. The van der Waals surface area contributed by atoms with E-state index in [1.54, 1.807) is 0 Å². The molecule has 0 saturated carbocycles. The zero-order valence-electron chi connectivity index (χ0n) is 18.6. The number of anilines is 1. The molecular weight excluding hydrogens is 386 g/mol. The minimum absolute atomic E-state index is 0.0205. The summed E-state index contributed by atoms with van der Waals surface area (Å²) in [4.78, 5) is 12.2. The van der Waals surface area contributed by atoms with E-state index >= 15 is 0 Å². The average Bonchev–Trinajstić information content (AvgIpc) is 2.77. The maximum atomic E-state index is 12.2. The van der Waals surface area contributed by atoms with E-state index in [4.69, 9.17) is 9.47 Å². The highest BCUT2D eigenvalue weighted by Gasteiger charge is 2.06. The average molecular weight is 418 g/mol. The molecule has 162 valence electrons. The number of hydrogen-bond donors (Lipinski definition) is 1. The molecule has 0 aliphatic rings. The predicted molar refractivity (Wildman–Crippen MR) is 126 cm³/mol. The molecular formula is C27H31NO3. The first-order valence-electron chi connectivity index (χ1n) is 10.8. The Balaban J connectivity index is 1.37. The van der Waals surface area contributed by atoms with Gasteiger partial charge in [0, 0.05) is 12.1 Å². The number of nitrogens with one attached hydrogen (secondary N) is 1. The van der Waals surface area contributed by atoms with Gasteiger partial charge in [0.25, 0.3) is 0 Å². The van der Waals surface area contributed by atoms with Crippen LogP contribution in [0.25, 0.3) is 0 Å². The zero-order chi connectivity index (χ0) is 22.1. The van der Waals surface area contributed by atoms with Crippen LogP contribution in [0.2, 0.25) is 0 Å². The number of amides is 1. The fraction of sp³-hybridized carbons (Fsp3) is 0.296. The fourth-order valence-corrected chi connectivity index (χ4v) is 3.41. The summed E-state index contributed by atoms with van der Waals surface area (Å²) >= 11 is 0. The monoisotopic (exact) mass is 417 g/mol.